The fourth-order valence-electron chi connectivity index (χ4n) is 2.02. The SMILES string of the molecule is COc1cccc(CNC(=O)Cc2ccc(CN)cc2)c1. The Hall–Kier alpha value is -2.33. The molecule has 110 valence electrons. The zero-order valence-corrected chi connectivity index (χ0v) is 12.1. The highest BCUT2D eigenvalue weighted by Gasteiger charge is 2.04. The summed E-state index contributed by atoms with van der Waals surface area (Å²) in [5, 5.41) is 2.91. The van der Waals surface area contributed by atoms with Gasteiger partial charge in [0.25, 0.3) is 0 Å². The fourth-order valence-corrected chi connectivity index (χ4v) is 2.02. The summed E-state index contributed by atoms with van der Waals surface area (Å²) in [4.78, 5) is 11.9. The first-order valence-electron chi connectivity index (χ1n) is 6.89. The van der Waals surface area contributed by atoms with Crippen LogP contribution in [0.15, 0.2) is 48.5 Å². The lowest BCUT2D eigenvalue weighted by molar-refractivity contribution is -0.120. The average molecular weight is 284 g/mol. The highest BCUT2D eigenvalue weighted by Crippen LogP contribution is 2.12. The van der Waals surface area contributed by atoms with Crippen molar-refractivity contribution in [3.63, 3.8) is 0 Å². The van der Waals surface area contributed by atoms with Crippen LogP contribution in [0.3, 0.4) is 0 Å². The van der Waals surface area contributed by atoms with Crippen LogP contribution >= 0.6 is 0 Å². The lowest BCUT2D eigenvalue weighted by Crippen LogP contribution is -2.24. The van der Waals surface area contributed by atoms with Crippen LogP contribution in [0.5, 0.6) is 5.75 Å². The molecular weight excluding hydrogens is 264 g/mol. The van der Waals surface area contributed by atoms with Gasteiger partial charge >= 0.3 is 0 Å². The van der Waals surface area contributed by atoms with E-state index in [0.29, 0.717) is 19.5 Å². The molecule has 0 aliphatic heterocycles. The van der Waals surface area contributed by atoms with Crippen LogP contribution in [0.1, 0.15) is 16.7 Å². The highest BCUT2D eigenvalue weighted by atomic mass is 16.5. The first-order valence-corrected chi connectivity index (χ1v) is 6.89. The van der Waals surface area contributed by atoms with Gasteiger partial charge in [0.1, 0.15) is 5.75 Å². The van der Waals surface area contributed by atoms with E-state index in [-0.39, 0.29) is 5.91 Å². The van der Waals surface area contributed by atoms with Gasteiger partial charge in [0, 0.05) is 13.1 Å². The minimum absolute atomic E-state index is 0.00156. The third kappa shape index (κ3) is 4.61. The van der Waals surface area contributed by atoms with E-state index in [9.17, 15) is 4.79 Å². The maximum Gasteiger partial charge on any atom is 0.224 e. The number of carbonyl (C=O) groups excluding carboxylic acids is 1. The normalized spacial score (nSPS) is 10.2. The molecule has 0 atom stereocenters. The van der Waals surface area contributed by atoms with E-state index in [1.54, 1.807) is 7.11 Å². The van der Waals surface area contributed by atoms with E-state index in [1.165, 1.54) is 0 Å². The predicted octanol–water partition coefficient (Wildman–Crippen LogP) is 2.01. The lowest BCUT2D eigenvalue weighted by atomic mass is 10.1. The Morgan fingerprint density at radius 2 is 1.81 bits per heavy atom. The lowest BCUT2D eigenvalue weighted by Gasteiger charge is -2.07. The summed E-state index contributed by atoms with van der Waals surface area (Å²) in [7, 11) is 1.63. The number of nitrogens with two attached hydrogens (primary N) is 1. The standard InChI is InChI=1S/C17H20N2O2/c1-21-16-4-2-3-15(9-16)12-19-17(20)10-13-5-7-14(11-18)8-6-13/h2-9H,10-12,18H2,1H3,(H,19,20). The number of hydrogen-bond acceptors (Lipinski definition) is 3. The summed E-state index contributed by atoms with van der Waals surface area (Å²) < 4.78 is 5.16. The number of rotatable bonds is 6. The number of hydrogen-bond donors (Lipinski definition) is 2. The fraction of sp³-hybridized carbons (Fsp3) is 0.235. The Bertz CT molecular complexity index is 594. The van der Waals surface area contributed by atoms with E-state index in [0.717, 1.165) is 22.4 Å². The van der Waals surface area contributed by atoms with Crippen molar-refractivity contribution >= 4 is 5.91 Å². The summed E-state index contributed by atoms with van der Waals surface area (Å²) in [6, 6.07) is 15.4. The van der Waals surface area contributed by atoms with Gasteiger partial charge in [0.05, 0.1) is 13.5 Å². The molecule has 0 saturated carbocycles. The third-order valence-corrected chi connectivity index (χ3v) is 3.25. The molecule has 4 nitrogen and oxygen atoms in total. The second-order valence-corrected chi connectivity index (χ2v) is 4.83. The van der Waals surface area contributed by atoms with Crippen molar-refractivity contribution in [1.82, 2.24) is 5.32 Å². The van der Waals surface area contributed by atoms with Gasteiger partial charge in [-0.25, -0.2) is 0 Å². The molecule has 0 aromatic heterocycles. The zero-order valence-electron chi connectivity index (χ0n) is 12.1. The molecule has 2 aromatic carbocycles. The Balaban J connectivity index is 1.86. The van der Waals surface area contributed by atoms with Gasteiger partial charge in [-0.15, -0.1) is 0 Å². The van der Waals surface area contributed by atoms with Crippen molar-refractivity contribution in [1.29, 1.82) is 0 Å². The highest BCUT2D eigenvalue weighted by molar-refractivity contribution is 5.78. The van der Waals surface area contributed by atoms with E-state index in [4.69, 9.17) is 10.5 Å². The van der Waals surface area contributed by atoms with E-state index >= 15 is 0 Å². The molecular formula is C17H20N2O2. The van der Waals surface area contributed by atoms with Crippen LogP contribution in [0.25, 0.3) is 0 Å². The van der Waals surface area contributed by atoms with Gasteiger partial charge in [-0.3, -0.25) is 4.79 Å². The maximum atomic E-state index is 11.9. The molecule has 0 unspecified atom stereocenters. The number of benzene rings is 2. The van der Waals surface area contributed by atoms with Crippen LogP contribution < -0.4 is 15.8 Å². The number of methoxy groups -OCH3 is 1. The number of nitrogens with one attached hydrogen (secondary N) is 1. The smallest absolute Gasteiger partial charge is 0.224 e. The average Bonchev–Trinajstić information content (AvgIpc) is 2.54. The summed E-state index contributed by atoms with van der Waals surface area (Å²) in [6.45, 7) is 1.01. The van der Waals surface area contributed by atoms with Crippen molar-refractivity contribution in [2.75, 3.05) is 7.11 Å². The summed E-state index contributed by atoms with van der Waals surface area (Å²) >= 11 is 0. The zero-order chi connectivity index (χ0) is 15.1. The summed E-state index contributed by atoms with van der Waals surface area (Å²) in [6.07, 6.45) is 0.370. The Kier molecular flexibility index (Phi) is 5.35. The Labute approximate surface area is 124 Å². The van der Waals surface area contributed by atoms with Crippen molar-refractivity contribution in [2.24, 2.45) is 5.73 Å². The van der Waals surface area contributed by atoms with Gasteiger partial charge in [-0.05, 0) is 28.8 Å². The summed E-state index contributed by atoms with van der Waals surface area (Å²) in [5.41, 5.74) is 8.61. The van der Waals surface area contributed by atoms with Crippen molar-refractivity contribution < 1.29 is 9.53 Å². The molecule has 4 heteroatoms. The molecule has 0 spiro atoms. The van der Waals surface area contributed by atoms with Crippen molar-refractivity contribution in [3.8, 4) is 5.75 Å². The molecule has 0 aliphatic carbocycles. The maximum absolute atomic E-state index is 11.9. The topological polar surface area (TPSA) is 64.3 Å². The predicted molar refractivity (Wildman–Crippen MR) is 82.9 cm³/mol. The van der Waals surface area contributed by atoms with Crippen LogP contribution in [0, 0.1) is 0 Å². The molecule has 2 aromatic rings. The molecule has 3 N–H and O–H groups in total. The molecule has 0 saturated heterocycles. The molecule has 0 aliphatic rings. The van der Waals surface area contributed by atoms with Crippen LogP contribution in [0.2, 0.25) is 0 Å². The van der Waals surface area contributed by atoms with Crippen molar-refractivity contribution in [3.05, 3.63) is 65.2 Å². The van der Waals surface area contributed by atoms with Crippen LogP contribution in [0.4, 0.5) is 0 Å². The Morgan fingerprint density at radius 1 is 1.10 bits per heavy atom. The largest absolute Gasteiger partial charge is 0.497 e. The van der Waals surface area contributed by atoms with E-state index < -0.39 is 0 Å². The summed E-state index contributed by atoms with van der Waals surface area (Å²) in [5.74, 6) is 0.789. The Morgan fingerprint density at radius 3 is 2.48 bits per heavy atom. The minimum Gasteiger partial charge on any atom is -0.497 e. The van der Waals surface area contributed by atoms with Gasteiger partial charge in [0.15, 0.2) is 0 Å². The van der Waals surface area contributed by atoms with Gasteiger partial charge < -0.3 is 15.8 Å². The van der Waals surface area contributed by atoms with Gasteiger partial charge in [-0.1, -0.05) is 36.4 Å². The monoisotopic (exact) mass is 284 g/mol. The van der Waals surface area contributed by atoms with Crippen LogP contribution in [-0.2, 0) is 24.3 Å². The molecule has 0 bridgehead atoms. The van der Waals surface area contributed by atoms with Crippen molar-refractivity contribution in [2.45, 2.75) is 19.5 Å². The van der Waals surface area contributed by atoms with Gasteiger partial charge in [0.2, 0.25) is 5.91 Å². The number of amides is 1. The molecule has 0 fully saturated rings. The number of carbonyl (C=O) groups is 1. The minimum atomic E-state index is -0.00156. The second-order valence-electron chi connectivity index (χ2n) is 4.83. The third-order valence-electron chi connectivity index (χ3n) is 3.25. The molecule has 21 heavy (non-hydrogen) atoms. The van der Waals surface area contributed by atoms with E-state index in [2.05, 4.69) is 5.32 Å². The molecule has 0 heterocycles. The second kappa shape index (κ2) is 7.45. The van der Waals surface area contributed by atoms with Gasteiger partial charge in [-0.2, -0.15) is 0 Å². The molecule has 1 amide bonds. The number of ether oxygens (including phenoxy) is 1. The van der Waals surface area contributed by atoms with Crippen LogP contribution in [-0.4, -0.2) is 13.0 Å². The quantitative estimate of drug-likeness (QED) is 0.853. The van der Waals surface area contributed by atoms with E-state index in [1.807, 2.05) is 48.5 Å². The molecule has 2 rings (SSSR count). The first-order chi connectivity index (χ1) is 10.2. The first kappa shape index (κ1) is 15.1. The molecule has 0 radical (unpaired) electrons.